The lowest BCUT2D eigenvalue weighted by Gasteiger charge is -2.37. The molecule has 1 fully saturated rings. The fraction of sp³-hybridized carbons (Fsp3) is 0.467. The quantitative estimate of drug-likeness (QED) is 0.862. The van der Waals surface area contributed by atoms with E-state index < -0.39 is 0 Å². The van der Waals surface area contributed by atoms with E-state index in [2.05, 4.69) is 24.8 Å². The predicted octanol–water partition coefficient (Wildman–Crippen LogP) is 1.82. The Hall–Kier alpha value is -2.31. The molecule has 2 aromatic heterocycles. The second kappa shape index (κ2) is 6.21. The molecule has 0 atom stereocenters. The van der Waals surface area contributed by atoms with E-state index in [0.29, 0.717) is 11.9 Å². The molecule has 0 radical (unpaired) electrons. The van der Waals surface area contributed by atoms with Gasteiger partial charge in [0.25, 0.3) is 0 Å². The lowest BCUT2D eigenvalue weighted by molar-refractivity contribution is 0.468. The summed E-state index contributed by atoms with van der Waals surface area (Å²) in [6.45, 7) is 3.49. The molecular weight excluding hydrogens is 283 g/mol. The van der Waals surface area contributed by atoms with Gasteiger partial charge < -0.3 is 9.80 Å². The number of aromatic nitrogens is 4. The third-order valence-corrected chi connectivity index (χ3v) is 4.04. The molecule has 116 valence electrons. The Kier molecular flexibility index (Phi) is 4.13. The molecule has 0 unspecified atom stereocenters. The van der Waals surface area contributed by atoms with Crippen molar-refractivity contribution in [2.75, 3.05) is 29.9 Å². The van der Waals surface area contributed by atoms with Crippen LogP contribution in [0.3, 0.4) is 0 Å². The van der Waals surface area contributed by atoms with E-state index in [0.717, 1.165) is 37.4 Å². The first-order chi connectivity index (χ1) is 10.6. The van der Waals surface area contributed by atoms with Crippen LogP contribution in [0.25, 0.3) is 0 Å². The van der Waals surface area contributed by atoms with Crippen LogP contribution in [-0.2, 0) is 0 Å². The number of halogens is 1. The molecule has 0 aromatic carbocycles. The van der Waals surface area contributed by atoms with Gasteiger partial charge in [-0.25, -0.2) is 24.3 Å². The van der Waals surface area contributed by atoms with Gasteiger partial charge in [0.15, 0.2) is 11.6 Å². The highest BCUT2D eigenvalue weighted by atomic mass is 19.1. The topological polar surface area (TPSA) is 58.0 Å². The number of nitrogens with zero attached hydrogens (tertiary/aromatic N) is 6. The van der Waals surface area contributed by atoms with Crippen molar-refractivity contribution in [2.45, 2.75) is 25.8 Å². The molecule has 3 rings (SSSR count). The third kappa shape index (κ3) is 2.98. The zero-order valence-electron chi connectivity index (χ0n) is 12.8. The molecule has 1 aliphatic rings. The summed E-state index contributed by atoms with van der Waals surface area (Å²) in [6, 6.07) is 0.351. The van der Waals surface area contributed by atoms with Crippen LogP contribution in [0.1, 0.15) is 18.4 Å². The lowest BCUT2D eigenvalue weighted by Crippen LogP contribution is -2.44. The van der Waals surface area contributed by atoms with Gasteiger partial charge in [-0.1, -0.05) is 0 Å². The van der Waals surface area contributed by atoms with Gasteiger partial charge in [-0.2, -0.15) is 0 Å². The van der Waals surface area contributed by atoms with Crippen LogP contribution < -0.4 is 9.80 Å². The van der Waals surface area contributed by atoms with Crippen LogP contribution in [0.15, 0.2) is 24.9 Å². The Morgan fingerprint density at radius 3 is 2.45 bits per heavy atom. The van der Waals surface area contributed by atoms with Crippen LogP contribution in [-0.4, -0.2) is 46.1 Å². The highest BCUT2D eigenvalue weighted by molar-refractivity contribution is 5.40. The van der Waals surface area contributed by atoms with Crippen molar-refractivity contribution in [3.05, 3.63) is 36.3 Å². The van der Waals surface area contributed by atoms with Gasteiger partial charge in [0.2, 0.25) is 5.95 Å². The molecule has 0 amide bonds. The average Bonchev–Trinajstić information content (AvgIpc) is 2.56. The molecule has 3 heterocycles. The van der Waals surface area contributed by atoms with E-state index in [-0.39, 0.29) is 5.82 Å². The van der Waals surface area contributed by atoms with E-state index in [1.807, 2.05) is 31.3 Å². The minimum Gasteiger partial charge on any atom is -0.354 e. The molecule has 0 saturated carbocycles. The summed E-state index contributed by atoms with van der Waals surface area (Å²) in [5.41, 5.74) is 1.05. The molecule has 7 heteroatoms. The summed E-state index contributed by atoms with van der Waals surface area (Å²) in [5, 5.41) is 0. The van der Waals surface area contributed by atoms with Crippen molar-refractivity contribution in [1.29, 1.82) is 0 Å². The number of hydrogen-bond acceptors (Lipinski definition) is 6. The maximum Gasteiger partial charge on any atom is 0.225 e. The van der Waals surface area contributed by atoms with Crippen molar-refractivity contribution >= 4 is 11.8 Å². The van der Waals surface area contributed by atoms with Gasteiger partial charge in [0.1, 0.15) is 6.33 Å². The van der Waals surface area contributed by atoms with Crippen molar-refractivity contribution in [2.24, 2.45) is 0 Å². The van der Waals surface area contributed by atoms with E-state index in [4.69, 9.17) is 0 Å². The molecule has 0 spiro atoms. The van der Waals surface area contributed by atoms with Crippen LogP contribution in [0.4, 0.5) is 16.2 Å². The van der Waals surface area contributed by atoms with Gasteiger partial charge in [-0.15, -0.1) is 0 Å². The summed E-state index contributed by atoms with van der Waals surface area (Å²) in [6.07, 6.45) is 8.07. The lowest BCUT2D eigenvalue weighted by atomic mass is 10.0. The Morgan fingerprint density at radius 1 is 1.14 bits per heavy atom. The first-order valence-electron chi connectivity index (χ1n) is 7.37. The smallest absolute Gasteiger partial charge is 0.225 e. The zero-order valence-corrected chi connectivity index (χ0v) is 12.8. The SMILES string of the molecule is Cc1cnc(N(C)C2CCN(c3ncncc3F)CC2)nc1. The maximum atomic E-state index is 13.7. The summed E-state index contributed by atoms with van der Waals surface area (Å²) in [7, 11) is 2.01. The van der Waals surface area contributed by atoms with Crippen LogP contribution >= 0.6 is 0 Å². The third-order valence-electron chi connectivity index (χ3n) is 4.04. The summed E-state index contributed by atoms with van der Waals surface area (Å²) in [5.74, 6) is 0.760. The first kappa shape index (κ1) is 14.6. The summed E-state index contributed by atoms with van der Waals surface area (Å²) in [4.78, 5) is 20.5. The number of rotatable bonds is 3. The molecule has 2 aromatic rings. The van der Waals surface area contributed by atoms with Gasteiger partial charge in [0.05, 0.1) is 6.20 Å². The monoisotopic (exact) mass is 302 g/mol. The highest BCUT2D eigenvalue weighted by Crippen LogP contribution is 2.23. The Balaban J connectivity index is 1.64. The van der Waals surface area contributed by atoms with E-state index >= 15 is 0 Å². The number of hydrogen-bond donors (Lipinski definition) is 0. The fourth-order valence-corrected chi connectivity index (χ4v) is 2.74. The number of anilines is 2. The minimum absolute atomic E-state index is 0.351. The van der Waals surface area contributed by atoms with Gasteiger partial charge >= 0.3 is 0 Å². The van der Waals surface area contributed by atoms with Gasteiger partial charge in [-0.3, -0.25) is 0 Å². The Bertz CT molecular complexity index is 624. The fourth-order valence-electron chi connectivity index (χ4n) is 2.74. The summed E-state index contributed by atoms with van der Waals surface area (Å²) >= 11 is 0. The van der Waals surface area contributed by atoms with Crippen LogP contribution in [0.5, 0.6) is 0 Å². The minimum atomic E-state index is -0.365. The Morgan fingerprint density at radius 2 is 1.82 bits per heavy atom. The van der Waals surface area contributed by atoms with E-state index in [1.54, 1.807) is 0 Å². The maximum absolute atomic E-state index is 13.7. The predicted molar refractivity (Wildman–Crippen MR) is 82.4 cm³/mol. The Labute approximate surface area is 129 Å². The molecule has 1 saturated heterocycles. The molecule has 1 aliphatic heterocycles. The normalized spacial score (nSPS) is 15.9. The standard InChI is InChI=1S/C15H19FN6/c1-11-7-18-15(19-8-11)21(2)12-3-5-22(6-4-12)14-13(16)9-17-10-20-14/h7-10,12H,3-6H2,1-2H3. The summed E-state index contributed by atoms with van der Waals surface area (Å²) < 4.78 is 13.7. The van der Waals surface area contributed by atoms with Crippen molar-refractivity contribution < 1.29 is 4.39 Å². The van der Waals surface area contributed by atoms with Gasteiger partial charge in [0, 0.05) is 38.6 Å². The molecular formula is C15H19FN6. The first-order valence-corrected chi connectivity index (χ1v) is 7.37. The van der Waals surface area contributed by atoms with Crippen molar-refractivity contribution in [3.63, 3.8) is 0 Å². The average molecular weight is 302 g/mol. The largest absolute Gasteiger partial charge is 0.354 e. The molecule has 0 bridgehead atoms. The molecule has 6 nitrogen and oxygen atoms in total. The number of piperidine rings is 1. The van der Waals surface area contributed by atoms with Gasteiger partial charge in [-0.05, 0) is 25.3 Å². The van der Waals surface area contributed by atoms with Crippen LogP contribution in [0.2, 0.25) is 0 Å². The van der Waals surface area contributed by atoms with E-state index in [1.165, 1.54) is 12.5 Å². The molecule has 0 aliphatic carbocycles. The van der Waals surface area contributed by atoms with Crippen molar-refractivity contribution in [3.8, 4) is 0 Å². The zero-order chi connectivity index (χ0) is 15.5. The second-order valence-electron chi connectivity index (χ2n) is 5.58. The second-order valence-corrected chi connectivity index (χ2v) is 5.58. The molecule has 22 heavy (non-hydrogen) atoms. The van der Waals surface area contributed by atoms with E-state index in [9.17, 15) is 4.39 Å². The highest BCUT2D eigenvalue weighted by Gasteiger charge is 2.25. The van der Waals surface area contributed by atoms with Crippen LogP contribution in [0, 0.1) is 12.7 Å². The molecule has 0 N–H and O–H groups in total. The van der Waals surface area contributed by atoms with Crippen molar-refractivity contribution in [1.82, 2.24) is 19.9 Å². The number of aryl methyl sites for hydroxylation is 1.